The number of hydrogen-bond donors (Lipinski definition) is 1. The van der Waals surface area contributed by atoms with E-state index in [1.165, 1.54) is 12.1 Å². The normalized spacial score (nSPS) is 11.8. The minimum atomic E-state index is -4.52. The van der Waals surface area contributed by atoms with Crippen LogP contribution in [0, 0.1) is 0 Å². The van der Waals surface area contributed by atoms with Crippen molar-refractivity contribution in [2.24, 2.45) is 0 Å². The summed E-state index contributed by atoms with van der Waals surface area (Å²) in [7, 11) is 0. The number of aromatic nitrogens is 1. The summed E-state index contributed by atoms with van der Waals surface area (Å²) < 4.78 is 42.6. The molecule has 0 amide bonds. The van der Waals surface area contributed by atoms with E-state index in [1.807, 2.05) is 0 Å². The molecule has 0 saturated heterocycles. The topological polar surface area (TPSA) is 52.0 Å². The first-order valence-corrected chi connectivity index (χ1v) is 4.85. The van der Waals surface area contributed by atoms with Crippen LogP contribution in [-0.2, 0) is 6.18 Å². The molecule has 3 nitrogen and oxygen atoms in total. The van der Waals surface area contributed by atoms with Gasteiger partial charge in [-0.3, -0.25) is 0 Å². The van der Waals surface area contributed by atoms with Crippen LogP contribution in [0.3, 0.4) is 0 Å². The molecule has 0 spiro atoms. The third kappa shape index (κ3) is 2.36. The standard InChI is InChI=1S/C10H6ClF3N2O/c11-7-2-1-5(3-6(7)10(12,13)14)8-4-9(15)16-17-8/h1-4H,(H2,15,16). The second kappa shape index (κ2) is 3.96. The van der Waals surface area contributed by atoms with Gasteiger partial charge in [0.15, 0.2) is 11.6 Å². The molecule has 0 aliphatic rings. The molecule has 0 unspecified atom stereocenters. The Morgan fingerprint density at radius 1 is 1.24 bits per heavy atom. The van der Waals surface area contributed by atoms with E-state index in [4.69, 9.17) is 21.9 Å². The molecule has 2 aromatic rings. The van der Waals surface area contributed by atoms with Crippen molar-refractivity contribution in [3.63, 3.8) is 0 Å². The Labute approximate surface area is 99.0 Å². The van der Waals surface area contributed by atoms with E-state index in [2.05, 4.69) is 5.16 Å². The van der Waals surface area contributed by atoms with Gasteiger partial charge in [-0.1, -0.05) is 16.8 Å². The fourth-order valence-corrected chi connectivity index (χ4v) is 1.55. The minimum Gasteiger partial charge on any atom is -0.381 e. The van der Waals surface area contributed by atoms with E-state index in [0.717, 1.165) is 12.1 Å². The van der Waals surface area contributed by atoms with Crippen molar-refractivity contribution in [1.29, 1.82) is 0 Å². The maximum Gasteiger partial charge on any atom is 0.417 e. The molecule has 0 radical (unpaired) electrons. The van der Waals surface area contributed by atoms with Crippen molar-refractivity contribution in [3.8, 4) is 11.3 Å². The van der Waals surface area contributed by atoms with E-state index in [-0.39, 0.29) is 22.2 Å². The van der Waals surface area contributed by atoms with Crippen molar-refractivity contribution in [2.75, 3.05) is 5.73 Å². The quantitative estimate of drug-likeness (QED) is 0.854. The number of benzene rings is 1. The van der Waals surface area contributed by atoms with Crippen LogP contribution in [-0.4, -0.2) is 5.16 Å². The van der Waals surface area contributed by atoms with Crippen LogP contribution in [0.1, 0.15) is 5.56 Å². The SMILES string of the molecule is Nc1cc(-c2ccc(Cl)c(C(F)(F)F)c2)on1. The lowest BCUT2D eigenvalue weighted by atomic mass is 10.1. The van der Waals surface area contributed by atoms with Gasteiger partial charge in [-0.05, 0) is 18.2 Å². The zero-order valence-electron chi connectivity index (χ0n) is 8.25. The van der Waals surface area contributed by atoms with Gasteiger partial charge in [0.2, 0.25) is 0 Å². The molecule has 1 aromatic heterocycles. The summed E-state index contributed by atoms with van der Waals surface area (Å²) in [5.74, 6) is 0.258. The Balaban J connectivity index is 2.51. The Kier molecular flexibility index (Phi) is 2.74. The fourth-order valence-electron chi connectivity index (χ4n) is 1.32. The lowest BCUT2D eigenvalue weighted by Crippen LogP contribution is -2.05. The highest BCUT2D eigenvalue weighted by molar-refractivity contribution is 6.31. The van der Waals surface area contributed by atoms with E-state index in [0.29, 0.717) is 0 Å². The number of alkyl halides is 3. The molecule has 0 aliphatic carbocycles. The summed E-state index contributed by atoms with van der Waals surface area (Å²) in [6, 6.07) is 4.78. The van der Waals surface area contributed by atoms with E-state index in [1.54, 1.807) is 0 Å². The second-order valence-electron chi connectivity index (χ2n) is 3.31. The molecular formula is C10H6ClF3N2O. The second-order valence-corrected chi connectivity index (χ2v) is 3.72. The highest BCUT2D eigenvalue weighted by Gasteiger charge is 2.33. The third-order valence-corrected chi connectivity index (χ3v) is 2.41. The number of anilines is 1. The molecule has 0 fully saturated rings. The fraction of sp³-hybridized carbons (Fsp3) is 0.100. The van der Waals surface area contributed by atoms with Gasteiger partial charge in [0.25, 0.3) is 0 Å². The van der Waals surface area contributed by atoms with Crippen molar-refractivity contribution < 1.29 is 17.7 Å². The number of rotatable bonds is 1. The Bertz CT molecular complexity index is 551. The summed E-state index contributed by atoms with van der Waals surface area (Å²) in [6.45, 7) is 0. The van der Waals surface area contributed by atoms with Crippen molar-refractivity contribution >= 4 is 17.4 Å². The van der Waals surface area contributed by atoms with Gasteiger partial charge < -0.3 is 10.3 Å². The first-order chi connectivity index (χ1) is 7.88. The average molecular weight is 263 g/mol. The lowest BCUT2D eigenvalue weighted by Gasteiger charge is -2.09. The smallest absolute Gasteiger partial charge is 0.381 e. The predicted octanol–water partition coefficient (Wildman–Crippen LogP) is 3.60. The number of nitrogens with zero attached hydrogens (tertiary/aromatic N) is 1. The van der Waals surface area contributed by atoms with Crippen LogP contribution < -0.4 is 5.73 Å². The minimum absolute atomic E-state index is 0.100. The maximum atomic E-state index is 12.6. The van der Waals surface area contributed by atoms with Gasteiger partial charge in [-0.25, -0.2) is 0 Å². The lowest BCUT2D eigenvalue weighted by molar-refractivity contribution is -0.137. The van der Waals surface area contributed by atoms with Gasteiger partial charge in [0.1, 0.15) is 0 Å². The molecule has 2 rings (SSSR count). The summed E-state index contributed by atoms with van der Waals surface area (Å²) in [4.78, 5) is 0. The molecule has 7 heteroatoms. The summed E-state index contributed by atoms with van der Waals surface area (Å²) in [6.07, 6.45) is -4.52. The number of halogens is 4. The average Bonchev–Trinajstić information content (AvgIpc) is 2.64. The van der Waals surface area contributed by atoms with Crippen LogP contribution >= 0.6 is 11.6 Å². The van der Waals surface area contributed by atoms with Gasteiger partial charge in [0, 0.05) is 11.6 Å². The largest absolute Gasteiger partial charge is 0.417 e. The summed E-state index contributed by atoms with van der Waals surface area (Å²) in [5.41, 5.74) is 4.61. The van der Waals surface area contributed by atoms with E-state index in [9.17, 15) is 13.2 Å². The molecule has 0 bridgehead atoms. The molecule has 1 heterocycles. The van der Waals surface area contributed by atoms with Crippen LogP contribution in [0.5, 0.6) is 0 Å². The zero-order chi connectivity index (χ0) is 12.6. The van der Waals surface area contributed by atoms with Crippen LogP contribution in [0.15, 0.2) is 28.8 Å². The molecular weight excluding hydrogens is 257 g/mol. The highest BCUT2D eigenvalue weighted by atomic mass is 35.5. The van der Waals surface area contributed by atoms with Crippen molar-refractivity contribution in [3.05, 3.63) is 34.9 Å². The molecule has 90 valence electrons. The van der Waals surface area contributed by atoms with Gasteiger partial charge in [0.05, 0.1) is 10.6 Å². The number of nitrogen functional groups attached to an aromatic ring is 1. The summed E-state index contributed by atoms with van der Waals surface area (Å²) >= 11 is 5.48. The van der Waals surface area contributed by atoms with Gasteiger partial charge in [-0.15, -0.1) is 0 Å². The highest BCUT2D eigenvalue weighted by Crippen LogP contribution is 2.37. The third-order valence-electron chi connectivity index (χ3n) is 2.08. The predicted molar refractivity (Wildman–Crippen MR) is 56.4 cm³/mol. The molecule has 1 aromatic carbocycles. The Morgan fingerprint density at radius 3 is 2.47 bits per heavy atom. The van der Waals surface area contributed by atoms with Crippen molar-refractivity contribution in [1.82, 2.24) is 5.16 Å². The molecule has 17 heavy (non-hydrogen) atoms. The van der Waals surface area contributed by atoms with Crippen molar-refractivity contribution in [2.45, 2.75) is 6.18 Å². The Hall–Kier alpha value is -1.69. The van der Waals surface area contributed by atoms with Gasteiger partial charge in [-0.2, -0.15) is 13.2 Å². The number of nitrogens with two attached hydrogens (primary N) is 1. The van der Waals surface area contributed by atoms with E-state index < -0.39 is 11.7 Å². The zero-order valence-corrected chi connectivity index (χ0v) is 9.01. The first-order valence-electron chi connectivity index (χ1n) is 4.47. The van der Waals surface area contributed by atoms with Gasteiger partial charge >= 0.3 is 6.18 Å². The summed E-state index contributed by atoms with van der Waals surface area (Å²) in [5, 5.41) is 3.03. The Morgan fingerprint density at radius 2 is 1.94 bits per heavy atom. The number of hydrogen-bond acceptors (Lipinski definition) is 3. The molecule has 0 saturated carbocycles. The van der Waals surface area contributed by atoms with Crippen LogP contribution in [0.4, 0.5) is 19.0 Å². The monoisotopic (exact) mass is 262 g/mol. The maximum absolute atomic E-state index is 12.6. The van der Waals surface area contributed by atoms with E-state index >= 15 is 0 Å². The first kappa shape index (κ1) is 11.8. The molecule has 2 N–H and O–H groups in total. The van der Waals surface area contributed by atoms with Crippen LogP contribution in [0.2, 0.25) is 5.02 Å². The molecule has 0 aliphatic heterocycles. The van der Waals surface area contributed by atoms with Crippen LogP contribution in [0.25, 0.3) is 11.3 Å². The molecule has 0 atom stereocenters.